The number of hydrogen-bond donors (Lipinski definition) is 3. The van der Waals surface area contributed by atoms with Crippen LogP contribution in [0, 0.1) is 5.92 Å². The number of aliphatic hydroxyl groups excluding tert-OH is 1. The molecule has 0 bridgehead atoms. The molecule has 1 aliphatic heterocycles. The van der Waals surface area contributed by atoms with Gasteiger partial charge in [0.05, 0.1) is 18.4 Å². The minimum Gasteiger partial charge on any atom is -0.454 e. The molecule has 0 radical (unpaired) electrons. The van der Waals surface area contributed by atoms with Gasteiger partial charge in [0, 0.05) is 19.2 Å². The van der Waals surface area contributed by atoms with Crippen LogP contribution in [-0.4, -0.2) is 48.2 Å². The highest BCUT2D eigenvalue weighted by molar-refractivity contribution is 5.83. The maximum absolute atomic E-state index is 12.6. The van der Waals surface area contributed by atoms with Crippen molar-refractivity contribution >= 4 is 17.8 Å². The Bertz CT molecular complexity index is 898. The van der Waals surface area contributed by atoms with Crippen LogP contribution in [0.3, 0.4) is 0 Å². The van der Waals surface area contributed by atoms with Crippen LogP contribution in [0.15, 0.2) is 72.4 Å². The predicted octanol–water partition coefficient (Wildman–Crippen LogP) is 5.01. The summed E-state index contributed by atoms with van der Waals surface area (Å²) >= 11 is 0. The van der Waals surface area contributed by atoms with E-state index < -0.39 is 24.1 Å². The van der Waals surface area contributed by atoms with Gasteiger partial charge in [-0.05, 0) is 31.8 Å². The van der Waals surface area contributed by atoms with E-state index >= 15 is 0 Å². The summed E-state index contributed by atoms with van der Waals surface area (Å²) in [7, 11) is 0. The molecule has 3 unspecified atom stereocenters. The van der Waals surface area contributed by atoms with Gasteiger partial charge in [0.2, 0.25) is 11.8 Å². The van der Waals surface area contributed by atoms with Gasteiger partial charge < -0.3 is 20.5 Å². The number of unbranched alkanes of at least 4 members (excludes halogenated alkanes) is 5. The third-order valence-electron chi connectivity index (χ3n) is 6.14. The summed E-state index contributed by atoms with van der Waals surface area (Å²) in [5.74, 6) is -1.91. The highest BCUT2D eigenvalue weighted by atomic mass is 16.5. The molecule has 1 heterocycles. The summed E-state index contributed by atoms with van der Waals surface area (Å²) in [6, 6.07) is 0. The molecule has 3 atom stereocenters. The van der Waals surface area contributed by atoms with Crippen LogP contribution in [0.5, 0.6) is 0 Å². The Balaban J connectivity index is 2.85. The molecule has 7 heteroatoms. The molecule has 0 aromatic rings. The second-order valence-corrected chi connectivity index (χ2v) is 9.47. The minimum absolute atomic E-state index is 0.0796. The van der Waals surface area contributed by atoms with E-state index in [1.54, 1.807) is 32.1 Å². The van der Waals surface area contributed by atoms with Crippen LogP contribution in [0.1, 0.15) is 72.1 Å². The van der Waals surface area contributed by atoms with Crippen molar-refractivity contribution in [3.05, 3.63) is 72.4 Å². The van der Waals surface area contributed by atoms with Crippen molar-refractivity contribution < 1.29 is 24.2 Å². The van der Waals surface area contributed by atoms with Crippen molar-refractivity contribution in [1.82, 2.24) is 10.6 Å². The minimum atomic E-state index is -1.04. The number of β-amino-alcohol motifs (C(OH)–C–C–N with tert-alkyl or cyclic N) is 1. The van der Waals surface area contributed by atoms with Crippen molar-refractivity contribution in [3.63, 3.8) is 0 Å². The average Bonchev–Trinajstić information content (AvgIpc) is 2.90. The van der Waals surface area contributed by atoms with E-state index in [1.165, 1.54) is 38.2 Å². The fourth-order valence-corrected chi connectivity index (χ4v) is 3.58. The number of hydrogen-bond acceptors (Lipinski definition) is 5. The third-order valence-corrected chi connectivity index (χ3v) is 6.14. The molecule has 1 aliphatic rings. The van der Waals surface area contributed by atoms with Gasteiger partial charge in [0.1, 0.15) is 6.10 Å². The predicted molar refractivity (Wildman–Crippen MR) is 153 cm³/mol. The highest BCUT2D eigenvalue weighted by Gasteiger charge is 2.24. The molecule has 38 heavy (non-hydrogen) atoms. The fraction of sp³-hybridized carbons (Fsp3) is 0.516. The quantitative estimate of drug-likeness (QED) is 0.223. The van der Waals surface area contributed by atoms with Crippen LogP contribution >= 0.6 is 0 Å². The number of amides is 2. The smallest absolute Gasteiger partial charge is 0.331 e. The standard InChI is InChI=1S/C31H46N2O5/c1-4-5-6-7-8-9-10-11-14-17-20-25(2)28-23-29(35)33-24-27(34)26(3)31(37)32-22-19-16-13-12-15-18-21-30(36)38-28/h10-18,20-21,26-28,34H,4-9,19,22-24H2,1-3H3,(H,32,37)(H,33,35)/b11-10+,15-12+,16-13+,17-14+,21-18+,25-20+. The zero-order valence-electron chi connectivity index (χ0n) is 23.2. The van der Waals surface area contributed by atoms with E-state index in [9.17, 15) is 19.5 Å². The Morgan fingerprint density at radius 3 is 2.58 bits per heavy atom. The van der Waals surface area contributed by atoms with Gasteiger partial charge >= 0.3 is 5.97 Å². The van der Waals surface area contributed by atoms with E-state index in [1.807, 2.05) is 36.5 Å². The number of nitrogens with one attached hydrogen (secondary N) is 2. The molecule has 0 fully saturated rings. The molecule has 0 saturated heterocycles. The molecule has 1 rings (SSSR count). The zero-order chi connectivity index (χ0) is 28.0. The maximum atomic E-state index is 12.6. The van der Waals surface area contributed by atoms with Gasteiger partial charge in [-0.3, -0.25) is 9.59 Å². The molecule has 0 aromatic heterocycles. The van der Waals surface area contributed by atoms with Gasteiger partial charge in [-0.2, -0.15) is 0 Å². The first-order valence-corrected chi connectivity index (χ1v) is 13.8. The summed E-state index contributed by atoms with van der Waals surface area (Å²) < 4.78 is 5.57. The Labute approximate surface area is 228 Å². The lowest BCUT2D eigenvalue weighted by atomic mass is 10.0. The van der Waals surface area contributed by atoms with E-state index in [0.717, 1.165) is 6.42 Å². The monoisotopic (exact) mass is 526 g/mol. The summed E-state index contributed by atoms with van der Waals surface area (Å²) in [5, 5.41) is 15.8. The van der Waals surface area contributed by atoms with Gasteiger partial charge in [-0.1, -0.05) is 100 Å². The van der Waals surface area contributed by atoms with Crippen molar-refractivity contribution in [2.75, 3.05) is 13.1 Å². The topological polar surface area (TPSA) is 105 Å². The van der Waals surface area contributed by atoms with Crippen LogP contribution in [-0.2, 0) is 19.1 Å². The van der Waals surface area contributed by atoms with E-state index in [4.69, 9.17) is 4.74 Å². The van der Waals surface area contributed by atoms with Gasteiger partial charge in [0.15, 0.2) is 0 Å². The lowest BCUT2D eigenvalue weighted by molar-refractivity contribution is -0.143. The number of ether oxygens (including phenoxy) is 1. The first-order valence-electron chi connectivity index (χ1n) is 13.8. The second-order valence-electron chi connectivity index (χ2n) is 9.47. The van der Waals surface area contributed by atoms with Crippen molar-refractivity contribution in [3.8, 4) is 0 Å². The molecular weight excluding hydrogens is 480 g/mol. The number of allylic oxidation sites excluding steroid dienone is 9. The summed E-state index contributed by atoms with van der Waals surface area (Å²) in [6.07, 6.45) is 25.8. The van der Waals surface area contributed by atoms with Gasteiger partial charge in [-0.15, -0.1) is 0 Å². The highest BCUT2D eigenvalue weighted by Crippen LogP contribution is 2.13. The van der Waals surface area contributed by atoms with E-state index in [-0.39, 0.29) is 24.8 Å². The second kappa shape index (κ2) is 20.8. The van der Waals surface area contributed by atoms with Gasteiger partial charge in [0.25, 0.3) is 0 Å². The van der Waals surface area contributed by atoms with Crippen LogP contribution in [0.2, 0.25) is 0 Å². The summed E-state index contributed by atoms with van der Waals surface area (Å²) in [4.78, 5) is 37.2. The van der Waals surface area contributed by atoms with Crippen molar-refractivity contribution in [1.29, 1.82) is 0 Å². The number of esters is 1. The molecular formula is C31H46N2O5. The Morgan fingerprint density at radius 1 is 1.03 bits per heavy atom. The average molecular weight is 527 g/mol. The largest absolute Gasteiger partial charge is 0.454 e. The number of carbonyl (C=O) groups excluding carboxylic acids is 3. The van der Waals surface area contributed by atoms with Crippen molar-refractivity contribution in [2.45, 2.75) is 84.3 Å². The Kier molecular flexibility index (Phi) is 18.0. The number of aliphatic hydroxyl groups is 1. The Hall–Kier alpha value is -3.19. The van der Waals surface area contributed by atoms with Crippen LogP contribution in [0.4, 0.5) is 0 Å². The molecule has 7 nitrogen and oxygen atoms in total. The lowest BCUT2D eigenvalue weighted by Crippen LogP contribution is -2.43. The normalized spacial score (nSPS) is 25.6. The maximum Gasteiger partial charge on any atom is 0.331 e. The molecule has 2 amide bonds. The molecule has 0 spiro atoms. The van der Waals surface area contributed by atoms with Gasteiger partial charge in [-0.25, -0.2) is 4.79 Å². The van der Waals surface area contributed by atoms with E-state index in [2.05, 4.69) is 23.6 Å². The molecule has 0 aromatic carbocycles. The lowest BCUT2D eigenvalue weighted by Gasteiger charge is -2.20. The molecule has 210 valence electrons. The first kappa shape index (κ1) is 32.8. The van der Waals surface area contributed by atoms with Crippen LogP contribution in [0.25, 0.3) is 0 Å². The number of carbonyl (C=O) groups is 3. The molecule has 0 saturated carbocycles. The van der Waals surface area contributed by atoms with Crippen LogP contribution < -0.4 is 10.6 Å². The number of cyclic esters (lactones) is 1. The SMILES string of the molecule is CCCCCCC/C=C/C=C/C=C(\C)C1CC(=O)NCC(O)C(C)C(=O)NCC/C=C/C=C/C=C/C(=O)O1. The summed E-state index contributed by atoms with van der Waals surface area (Å²) in [6.45, 7) is 5.98. The van der Waals surface area contributed by atoms with E-state index in [0.29, 0.717) is 18.5 Å². The summed E-state index contributed by atoms with van der Waals surface area (Å²) in [5.41, 5.74) is 0.712. The molecule has 0 aliphatic carbocycles. The molecule has 3 N–H and O–H groups in total. The van der Waals surface area contributed by atoms with Crippen molar-refractivity contribution in [2.24, 2.45) is 5.92 Å². The fourth-order valence-electron chi connectivity index (χ4n) is 3.58. The number of rotatable bonds is 9. The first-order chi connectivity index (χ1) is 18.3. The third kappa shape index (κ3) is 15.8. The zero-order valence-corrected chi connectivity index (χ0v) is 23.2. The Morgan fingerprint density at radius 2 is 1.79 bits per heavy atom.